The quantitative estimate of drug-likeness (QED) is 0.868. The van der Waals surface area contributed by atoms with Crippen molar-refractivity contribution in [1.29, 1.82) is 0 Å². The Labute approximate surface area is 108 Å². The Morgan fingerprint density at radius 1 is 1.41 bits per heavy atom. The Hall–Kier alpha value is -0.910. The van der Waals surface area contributed by atoms with Crippen LogP contribution >= 0.6 is 24.0 Å². The first kappa shape index (κ1) is 16.1. The number of methoxy groups -OCH3 is 1. The molecule has 1 unspecified atom stereocenters. The molecule has 0 fully saturated rings. The smallest absolute Gasteiger partial charge is 0.329 e. The molecule has 1 rings (SSSR count). The van der Waals surface area contributed by atoms with E-state index in [1.807, 2.05) is 0 Å². The van der Waals surface area contributed by atoms with Gasteiger partial charge in [-0.1, -0.05) is 23.7 Å². The Kier molecular flexibility index (Phi) is 5.81. The predicted octanol–water partition coefficient (Wildman–Crippen LogP) is 2.35. The van der Waals surface area contributed by atoms with E-state index in [2.05, 4.69) is 4.74 Å². The van der Waals surface area contributed by atoms with Gasteiger partial charge in [0.25, 0.3) is 5.92 Å². The third kappa shape index (κ3) is 3.52. The molecule has 17 heavy (non-hydrogen) atoms. The van der Waals surface area contributed by atoms with Crippen molar-refractivity contribution in [1.82, 2.24) is 0 Å². The minimum Gasteiger partial charge on any atom is -0.468 e. The zero-order valence-electron chi connectivity index (χ0n) is 8.82. The summed E-state index contributed by atoms with van der Waals surface area (Å²) in [7, 11) is 1.00. The van der Waals surface area contributed by atoms with Crippen molar-refractivity contribution in [3.05, 3.63) is 34.9 Å². The average molecular weight is 286 g/mol. The lowest BCUT2D eigenvalue weighted by atomic mass is 10.0. The van der Waals surface area contributed by atoms with Gasteiger partial charge in [0.1, 0.15) is 0 Å². The van der Waals surface area contributed by atoms with Crippen molar-refractivity contribution in [3.63, 3.8) is 0 Å². The molecule has 0 aromatic heterocycles. The van der Waals surface area contributed by atoms with E-state index in [0.717, 1.165) is 19.2 Å². The van der Waals surface area contributed by atoms with Gasteiger partial charge in [0, 0.05) is 10.6 Å². The summed E-state index contributed by atoms with van der Waals surface area (Å²) in [4.78, 5) is 10.9. The second-order valence-electron chi connectivity index (χ2n) is 3.13. The van der Waals surface area contributed by atoms with E-state index in [9.17, 15) is 13.6 Å². The van der Waals surface area contributed by atoms with Crippen LogP contribution in [0.1, 0.15) is 5.56 Å². The van der Waals surface area contributed by atoms with E-state index in [0.29, 0.717) is 5.02 Å². The number of hydrogen-bond acceptors (Lipinski definition) is 3. The maximum absolute atomic E-state index is 13.6. The highest BCUT2D eigenvalue weighted by Gasteiger charge is 2.44. The minimum atomic E-state index is -3.49. The molecule has 0 heterocycles. The molecule has 0 spiro atoms. The van der Waals surface area contributed by atoms with Crippen LogP contribution in [-0.4, -0.2) is 19.1 Å². The predicted molar refractivity (Wildman–Crippen MR) is 62.6 cm³/mol. The van der Waals surface area contributed by atoms with Gasteiger partial charge in [0.2, 0.25) is 0 Å². The summed E-state index contributed by atoms with van der Waals surface area (Å²) in [6, 6.07) is 2.80. The molecule has 7 heteroatoms. The highest BCUT2D eigenvalue weighted by Crippen LogP contribution is 2.31. The van der Waals surface area contributed by atoms with Crippen LogP contribution in [0.15, 0.2) is 24.3 Å². The molecule has 1 atom stereocenters. The summed E-state index contributed by atoms with van der Waals surface area (Å²) in [6.45, 7) is 0. The third-order valence-corrected chi connectivity index (χ3v) is 2.33. The molecule has 0 saturated carbocycles. The molecule has 0 saturated heterocycles. The van der Waals surface area contributed by atoms with E-state index in [1.54, 1.807) is 0 Å². The van der Waals surface area contributed by atoms with Gasteiger partial charge >= 0.3 is 5.97 Å². The zero-order valence-corrected chi connectivity index (χ0v) is 10.4. The van der Waals surface area contributed by atoms with Crippen molar-refractivity contribution in [2.45, 2.75) is 12.0 Å². The first-order valence-corrected chi connectivity index (χ1v) is 4.74. The van der Waals surface area contributed by atoms with Gasteiger partial charge in [-0.05, 0) is 12.1 Å². The van der Waals surface area contributed by atoms with Crippen LogP contribution < -0.4 is 5.73 Å². The summed E-state index contributed by atoms with van der Waals surface area (Å²) in [5.74, 6) is -4.66. The van der Waals surface area contributed by atoms with Crippen LogP contribution in [0.3, 0.4) is 0 Å². The van der Waals surface area contributed by atoms with Crippen LogP contribution in [0.25, 0.3) is 0 Å². The van der Waals surface area contributed by atoms with Crippen LogP contribution in [0.4, 0.5) is 8.78 Å². The van der Waals surface area contributed by atoms with Crippen LogP contribution in [-0.2, 0) is 15.5 Å². The fourth-order valence-corrected chi connectivity index (χ4v) is 1.25. The second-order valence-corrected chi connectivity index (χ2v) is 3.57. The van der Waals surface area contributed by atoms with Gasteiger partial charge in [-0.2, -0.15) is 8.78 Å². The number of carbonyl (C=O) groups is 1. The number of hydrogen-bond donors (Lipinski definition) is 1. The van der Waals surface area contributed by atoms with Gasteiger partial charge in [0.05, 0.1) is 7.11 Å². The molecular formula is C10H11Cl2F2NO2. The van der Waals surface area contributed by atoms with Gasteiger partial charge in [-0.15, -0.1) is 12.4 Å². The first-order chi connectivity index (χ1) is 7.39. The number of rotatable bonds is 3. The number of carbonyl (C=O) groups excluding carboxylic acids is 1. The van der Waals surface area contributed by atoms with E-state index in [-0.39, 0.29) is 18.0 Å². The van der Waals surface area contributed by atoms with Gasteiger partial charge < -0.3 is 10.5 Å². The highest BCUT2D eigenvalue weighted by atomic mass is 35.5. The molecule has 0 aliphatic rings. The van der Waals surface area contributed by atoms with Crippen molar-refractivity contribution in [2.75, 3.05) is 7.11 Å². The third-order valence-electron chi connectivity index (χ3n) is 2.07. The van der Waals surface area contributed by atoms with Gasteiger partial charge in [-0.25, -0.2) is 0 Å². The number of alkyl halides is 2. The average Bonchev–Trinajstić information content (AvgIpc) is 2.27. The van der Waals surface area contributed by atoms with Crippen LogP contribution in [0.2, 0.25) is 5.02 Å². The normalized spacial score (nSPS) is 12.5. The summed E-state index contributed by atoms with van der Waals surface area (Å²) < 4.78 is 31.5. The largest absolute Gasteiger partial charge is 0.468 e. The van der Waals surface area contributed by atoms with E-state index >= 15 is 0 Å². The van der Waals surface area contributed by atoms with Crippen LogP contribution in [0.5, 0.6) is 0 Å². The lowest BCUT2D eigenvalue weighted by molar-refractivity contribution is -0.153. The number of halogens is 4. The van der Waals surface area contributed by atoms with E-state index < -0.39 is 17.9 Å². The fraction of sp³-hybridized carbons (Fsp3) is 0.300. The maximum Gasteiger partial charge on any atom is 0.329 e. The standard InChI is InChI=1S/C10H10ClF2NO2.ClH/c1-16-9(15)8(14)10(12,13)6-2-4-7(11)5-3-6;/h2-5,8H,14H2,1H3;1H. The van der Waals surface area contributed by atoms with Crippen LogP contribution in [0, 0.1) is 0 Å². The monoisotopic (exact) mass is 285 g/mol. The van der Waals surface area contributed by atoms with Gasteiger partial charge in [0.15, 0.2) is 6.04 Å². The number of benzene rings is 1. The van der Waals surface area contributed by atoms with Crippen molar-refractivity contribution in [2.24, 2.45) is 5.73 Å². The molecular weight excluding hydrogens is 275 g/mol. The van der Waals surface area contributed by atoms with Gasteiger partial charge in [-0.3, -0.25) is 4.79 Å². The molecule has 2 N–H and O–H groups in total. The lowest BCUT2D eigenvalue weighted by Gasteiger charge is -2.21. The first-order valence-electron chi connectivity index (χ1n) is 4.37. The summed E-state index contributed by atoms with van der Waals surface area (Å²) in [5.41, 5.74) is 4.74. The number of ether oxygens (including phenoxy) is 1. The zero-order chi connectivity index (χ0) is 12.3. The van der Waals surface area contributed by atoms with Crippen molar-refractivity contribution in [3.8, 4) is 0 Å². The number of nitrogens with two attached hydrogens (primary N) is 1. The highest BCUT2D eigenvalue weighted by molar-refractivity contribution is 6.30. The van der Waals surface area contributed by atoms with Crippen molar-refractivity contribution < 1.29 is 18.3 Å². The molecule has 0 aliphatic carbocycles. The molecule has 1 aromatic carbocycles. The molecule has 1 aromatic rings. The molecule has 0 amide bonds. The topological polar surface area (TPSA) is 52.3 Å². The Bertz CT molecular complexity index is 384. The minimum absolute atomic E-state index is 0. The SMILES string of the molecule is COC(=O)C(N)C(F)(F)c1ccc(Cl)cc1.Cl. The number of esters is 1. The molecule has 0 aliphatic heterocycles. The van der Waals surface area contributed by atoms with E-state index in [4.69, 9.17) is 17.3 Å². The molecule has 96 valence electrons. The summed E-state index contributed by atoms with van der Waals surface area (Å²) >= 11 is 5.56. The molecule has 0 radical (unpaired) electrons. The Balaban J connectivity index is 0.00000256. The Morgan fingerprint density at radius 3 is 2.29 bits per heavy atom. The van der Waals surface area contributed by atoms with Crippen molar-refractivity contribution >= 4 is 30.0 Å². The Morgan fingerprint density at radius 2 is 1.88 bits per heavy atom. The fourth-order valence-electron chi connectivity index (χ4n) is 1.13. The van der Waals surface area contributed by atoms with E-state index in [1.165, 1.54) is 12.1 Å². The molecule has 3 nitrogen and oxygen atoms in total. The summed E-state index contributed by atoms with van der Waals surface area (Å²) in [6.07, 6.45) is 0. The maximum atomic E-state index is 13.6. The molecule has 0 bridgehead atoms. The second kappa shape index (κ2) is 6.14. The lowest BCUT2D eigenvalue weighted by Crippen LogP contribution is -2.45. The summed E-state index contributed by atoms with van der Waals surface area (Å²) in [5, 5.41) is 0.325.